The number of aromatic nitrogens is 1. The van der Waals surface area contributed by atoms with Gasteiger partial charge in [-0.2, -0.15) is 0 Å². The first-order valence-electron chi connectivity index (χ1n) is 5.92. The van der Waals surface area contributed by atoms with Crippen molar-refractivity contribution < 1.29 is 4.79 Å². The molecule has 0 saturated heterocycles. The molecule has 5 nitrogen and oxygen atoms in total. The molecule has 3 N–H and O–H groups in total. The van der Waals surface area contributed by atoms with Gasteiger partial charge in [-0.3, -0.25) is 4.79 Å². The summed E-state index contributed by atoms with van der Waals surface area (Å²) >= 11 is 1.26. The molecular formula is C13H16N4OS. The Morgan fingerprint density at radius 3 is 2.79 bits per heavy atom. The molecule has 0 unspecified atom stereocenters. The standard InChI is InChI=1S/C13H16N4OS/c1-17(10-5-3-2-4-6-10)8-7-15-12(18)11-9-19-13(14)16-11/h2-6,9H,7-8H2,1H3,(H2,14,16)(H,15,18). The molecule has 0 fully saturated rings. The lowest BCUT2D eigenvalue weighted by Crippen LogP contribution is -2.33. The molecule has 6 heteroatoms. The van der Waals surface area contributed by atoms with Gasteiger partial charge in [0.2, 0.25) is 0 Å². The number of carbonyl (C=O) groups is 1. The molecule has 1 aromatic heterocycles. The Morgan fingerprint density at radius 2 is 2.16 bits per heavy atom. The molecule has 1 heterocycles. The fraction of sp³-hybridized carbons (Fsp3) is 0.231. The minimum Gasteiger partial charge on any atom is -0.375 e. The monoisotopic (exact) mass is 276 g/mol. The molecule has 0 aliphatic heterocycles. The number of hydrogen-bond donors (Lipinski definition) is 2. The molecule has 100 valence electrons. The molecule has 0 radical (unpaired) electrons. The van der Waals surface area contributed by atoms with Crippen LogP contribution in [0.25, 0.3) is 0 Å². The summed E-state index contributed by atoms with van der Waals surface area (Å²) in [6.45, 7) is 1.29. The zero-order valence-corrected chi connectivity index (χ0v) is 11.5. The van der Waals surface area contributed by atoms with Crippen LogP contribution in [-0.4, -0.2) is 31.0 Å². The van der Waals surface area contributed by atoms with Gasteiger partial charge in [0.1, 0.15) is 5.69 Å². The smallest absolute Gasteiger partial charge is 0.270 e. The summed E-state index contributed by atoms with van der Waals surface area (Å²) in [4.78, 5) is 17.8. The van der Waals surface area contributed by atoms with Crippen LogP contribution in [-0.2, 0) is 0 Å². The Hall–Kier alpha value is -2.08. The molecule has 0 aliphatic rings. The molecule has 2 rings (SSSR count). The third kappa shape index (κ3) is 3.69. The fourth-order valence-corrected chi connectivity index (χ4v) is 2.17. The Bertz CT molecular complexity index is 541. The van der Waals surface area contributed by atoms with Crippen molar-refractivity contribution in [3.05, 3.63) is 41.4 Å². The van der Waals surface area contributed by atoms with E-state index < -0.39 is 0 Å². The Morgan fingerprint density at radius 1 is 1.42 bits per heavy atom. The predicted octanol–water partition coefficient (Wildman–Crippen LogP) is 1.59. The molecule has 2 aromatic rings. The van der Waals surface area contributed by atoms with Gasteiger partial charge in [-0.25, -0.2) is 4.98 Å². The average molecular weight is 276 g/mol. The van der Waals surface area contributed by atoms with Crippen LogP contribution in [0.3, 0.4) is 0 Å². The van der Waals surface area contributed by atoms with E-state index in [0.717, 1.165) is 12.2 Å². The van der Waals surface area contributed by atoms with Crippen LogP contribution in [0.15, 0.2) is 35.7 Å². The summed E-state index contributed by atoms with van der Waals surface area (Å²) in [7, 11) is 1.99. The third-order valence-corrected chi connectivity index (χ3v) is 3.36. The van der Waals surface area contributed by atoms with Crippen molar-refractivity contribution in [2.24, 2.45) is 0 Å². The van der Waals surface area contributed by atoms with Crippen LogP contribution in [0.1, 0.15) is 10.5 Å². The number of likely N-dealkylation sites (N-methyl/N-ethyl adjacent to an activating group) is 1. The van der Waals surface area contributed by atoms with Crippen molar-refractivity contribution in [1.29, 1.82) is 0 Å². The van der Waals surface area contributed by atoms with Crippen LogP contribution < -0.4 is 16.0 Å². The number of carbonyl (C=O) groups excluding carboxylic acids is 1. The molecule has 0 atom stereocenters. The molecule has 0 bridgehead atoms. The Kier molecular flexibility index (Phi) is 4.35. The first-order chi connectivity index (χ1) is 9.16. The van der Waals surface area contributed by atoms with Gasteiger partial charge < -0.3 is 16.0 Å². The molecule has 1 amide bonds. The third-order valence-electron chi connectivity index (χ3n) is 2.68. The van der Waals surface area contributed by atoms with E-state index in [1.165, 1.54) is 11.3 Å². The number of anilines is 2. The van der Waals surface area contributed by atoms with E-state index in [4.69, 9.17) is 5.73 Å². The van der Waals surface area contributed by atoms with Gasteiger partial charge in [0.05, 0.1) is 0 Å². The van der Waals surface area contributed by atoms with E-state index in [9.17, 15) is 4.79 Å². The minimum atomic E-state index is -0.186. The zero-order valence-electron chi connectivity index (χ0n) is 10.7. The van der Waals surface area contributed by atoms with Gasteiger partial charge in [-0.05, 0) is 12.1 Å². The summed E-state index contributed by atoms with van der Waals surface area (Å²) in [5.74, 6) is -0.186. The summed E-state index contributed by atoms with van der Waals surface area (Å²) in [5, 5.41) is 4.89. The number of nitrogens with two attached hydrogens (primary N) is 1. The number of hydrogen-bond acceptors (Lipinski definition) is 5. The van der Waals surface area contributed by atoms with Crippen molar-refractivity contribution in [3.8, 4) is 0 Å². The molecule has 19 heavy (non-hydrogen) atoms. The number of nitrogen functional groups attached to an aromatic ring is 1. The van der Waals surface area contributed by atoms with Gasteiger partial charge in [0, 0.05) is 31.2 Å². The van der Waals surface area contributed by atoms with E-state index in [-0.39, 0.29) is 5.91 Å². The highest BCUT2D eigenvalue weighted by molar-refractivity contribution is 7.13. The van der Waals surface area contributed by atoms with Crippen LogP contribution in [0.2, 0.25) is 0 Å². The fourth-order valence-electron chi connectivity index (χ4n) is 1.63. The highest BCUT2D eigenvalue weighted by atomic mass is 32.1. The number of amides is 1. The van der Waals surface area contributed by atoms with Gasteiger partial charge >= 0.3 is 0 Å². The van der Waals surface area contributed by atoms with Crippen LogP contribution >= 0.6 is 11.3 Å². The highest BCUT2D eigenvalue weighted by Crippen LogP contribution is 2.11. The maximum atomic E-state index is 11.7. The second-order valence-electron chi connectivity index (χ2n) is 4.08. The van der Waals surface area contributed by atoms with Crippen molar-refractivity contribution in [3.63, 3.8) is 0 Å². The number of nitrogens with one attached hydrogen (secondary N) is 1. The quantitative estimate of drug-likeness (QED) is 0.870. The summed E-state index contributed by atoms with van der Waals surface area (Å²) < 4.78 is 0. The minimum absolute atomic E-state index is 0.186. The van der Waals surface area contributed by atoms with E-state index in [1.807, 2.05) is 37.4 Å². The molecule has 0 saturated carbocycles. The average Bonchev–Trinajstić information content (AvgIpc) is 2.86. The molecule has 0 spiro atoms. The molecule has 1 aromatic carbocycles. The topological polar surface area (TPSA) is 71.2 Å². The summed E-state index contributed by atoms with van der Waals surface area (Å²) in [6.07, 6.45) is 0. The molecular weight excluding hydrogens is 260 g/mol. The SMILES string of the molecule is CN(CCNC(=O)c1csc(N)n1)c1ccccc1. The Labute approximate surface area is 116 Å². The Balaban J connectivity index is 1.79. The maximum absolute atomic E-state index is 11.7. The van der Waals surface area contributed by atoms with E-state index >= 15 is 0 Å². The van der Waals surface area contributed by atoms with Gasteiger partial charge in [0.15, 0.2) is 5.13 Å². The van der Waals surface area contributed by atoms with Crippen molar-refractivity contribution in [2.45, 2.75) is 0 Å². The van der Waals surface area contributed by atoms with Crippen LogP contribution in [0.4, 0.5) is 10.8 Å². The number of benzene rings is 1. The van der Waals surface area contributed by atoms with E-state index in [0.29, 0.717) is 17.4 Å². The van der Waals surface area contributed by atoms with Crippen molar-refractivity contribution >= 4 is 28.1 Å². The highest BCUT2D eigenvalue weighted by Gasteiger charge is 2.09. The lowest BCUT2D eigenvalue weighted by atomic mass is 10.3. The van der Waals surface area contributed by atoms with Gasteiger partial charge in [-0.1, -0.05) is 18.2 Å². The lowest BCUT2D eigenvalue weighted by Gasteiger charge is -2.19. The van der Waals surface area contributed by atoms with E-state index in [2.05, 4.69) is 15.2 Å². The first-order valence-corrected chi connectivity index (χ1v) is 6.80. The summed E-state index contributed by atoms with van der Waals surface area (Å²) in [6, 6.07) is 10.0. The maximum Gasteiger partial charge on any atom is 0.270 e. The van der Waals surface area contributed by atoms with Crippen molar-refractivity contribution in [2.75, 3.05) is 30.8 Å². The summed E-state index contributed by atoms with van der Waals surface area (Å²) in [5.41, 5.74) is 6.99. The lowest BCUT2D eigenvalue weighted by molar-refractivity contribution is 0.0950. The number of thiazole rings is 1. The first kappa shape index (κ1) is 13.4. The number of para-hydroxylation sites is 1. The normalized spacial score (nSPS) is 10.2. The van der Waals surface area contributed by atoms with Crippen LogP contribution in [0.5, 0.6) is 0 Å². The second kappa shape index (κ2) is 6.19. The zero-order chi connectivity index (χ0) is 13.7. The molecule has 0 aliphatic carbocycles. The van der Waals surface area contributed by atoms with Crippen molar-refractivity contribution in [1.82, 2.24) is 10.3 Å². The second-order valence-corrected chi connectivity index (χ2v) is 4.97. The largest absolute Gasteiger partial charge is 0.375 e. The predicted molar refractivity (Wildman–Crippen MR) is 78.6 cm³/mol. The van der Waals surface area contributed by atoms with Crippen LogP contribution in [0, 0.1) is 0 Å². The number of nitrogens with zero attached hydrogens (tertiary/aromatic N) is 2. The van der Waals surface area contributed by atoms with Gasteiger partial charge in [0.25, 0.3) is 5.91 Å². The van der Waals surface area contributed by atoms with E-state index in [1.54, 1.807) is 5.38 Å². The number of rotatable bonds is 5. The van der Waals surface area contributed by atoms with Gasteiger partial charge in [-0.15, -0.1) is 11.3 Å².